The first kappa shape index (κ1) is 48.7. The molecule has 0 radical (unpaired) electrons. The highest BCUT2D eigenvalue weighted by Crippen LogP contribution is 2.40. The third-order valence-corrected chi connectivity index (χ3v) is 16.8. The van der Waals surface area contributed by atoms with E-state index in [9.17, 15) is 0 Å². The molecule has 0 aliphatic heterocycles. The van der Waals surface area contributed by atoms with Crippen molar-refractivity contribution in [1.29, 1.82) is 0 Å². The van der Waals surface area contributed by atoms with Crippen LogP contribution in [0.4, 0.5) is 0 Å². The van der Waals surface area contributed by atoms with E-state index in [1.54, 1.807) is 0 Å². The number of hydrogen-bond acceptors (Lipinski definition) is 2. The first-order chi connectivity index (χ1) is 41.6. The SMILES string of the molecule is c1ccc(-c2cccc(-c3ccc4c(c3)c3ccccc3n4-c3ccc(-c4ccc(-c5nc6ccccc6nc5-c5ccc(-c6ccc(-n7c8ccccc8c8cc(-c9cccc(-c%10ccccc%10)c9)ccc87)cc6)cc5)cc4)cc3)c2)cc1. The Labute approximate surface area is 487 Å². The van der Waals surface area contributed by atoms with Crippen LogP contribution in [0.25, 0.3) is 155 Å². The molecule has 0 bridgehead atoms. The Bertz CT molecular complexity index is 4810. The first-order valence-electron chi connectivity index (χ1n) is 28.7. The molecule has 4 nitrogen and oxygen atoms in total. The lowest BCUT2D eigenvalue weighted by molar-refractivity contribution is 1.18. The van der Waals surface area contributed by atoms with Gasteiger partial charge >= 0.3 is 0 Å². The van der Waals surface area contributed by atoms with Crippen LogP contribution < -0.4 is 0 Å². The zero-order valence-corrected chi connectivity index (χ0v) is 45.8. The van der Waals surface area contributed by atoms with E-state index in [-0.39, 0.29) is 0 Å². The highest BCUT2D eigenvalue weighted by atomic mass is 15.0. The van der Waals surface area contributed by atoms with Crippen molar-refractivity contribution in [3.8, 4) is 101 Å². The third-order valence-electron chi connectivity index (χ3n) is 16.8. The van der Waals surface area contributed by atoms with Gasteiger partial charge in [-0.1, -0.05) is 231 Å². The van der Waals surface area contributed by atoms with Crippen molar-refractivity contribution in [1.82, 2.24) is 19.1 Å². The Kier molecular flexibility index (Phi) is 11.8. The van der Waals surface area contributed by atoms with E-state index in [1.807, 2.05) is 24.3 Å². The fourth-order valence-corrected chi connectivity index (χ4v) is 12.5. The standard InChI is InChI=1S/C80H52N4/c1-3-15-53(16-4-1)61-19-13-21-63(49-61)65-41-47-77-71(51-65)69-23-7-11-27-75(69)83(77)67-43-37-57(38-44-67)55-29-33-59(34-30-55)79-80(82-74-26-10-9-25-73(74)81-79)60-35-31-56(32-36-60)58-39-45-68(46-40-58)84-76-28-12-8-24-70(76)72-52-66(42-48-78(72)84)64-22-14-20-62(50-64)54-17-5-2-6-18-54/h1-52H. The molecule has 16 aromatic rings. The molecule has 0 atom stereocenters. The molecular weight excluding hydrogens is 1020 g/mol. The highest BCUT2D eigenvalue weighted by Gasteiger charge is 2.18. The van der Waals surface area contributed by atoms with E-state index in [0.29, 0.717) is 0 Å². The normalized spacial score (nSPS) is 11.6. The van der Waals surface area contributed by atoms with Crippen LogP contribution in [0.15, 0.2) is 315 Å². The van der Waals surface area contributed by atoms with Gasteiger partial charge in [0, 0.05) is 44.0 Å². The van der Waals surface area contributed by atoms with Gasteiger partial charge in [0.2, 0.25) is 0 Å². The maximum Gasteiger partial charge on any atom is 0.0973 e. The summed E-state index contributed by atoms with van der Waals surface area (Å²) in [6.07, 6.45) is 0. The van der Waals surface area contributed by atoms with Crippen LogP contribution in [0.2, 0.25) is 0 Å². The van der Waals surface area contributed by atoms with Gasteiger partial charge < -0.3 is 9.13 Å². The van der Waals surface area contributed by atoms with Crippen molar-refractivity contribution in [2.45, 2.75) is 0 Å². The van der Waals surface area contributed by atoms with Crippen molar-refractivity contribution in [2.24, 2.45) is 0 Å². The summed E-state index contributed by atoms with van der Waals surface area (Å²) in [6.45, 7) is 0. The number of hydrogen-bond donors (Lipinski definition) is 0. The Morgan fingerprint density at radius 3 is 0.857 bits per heavy atom. The Balaban J connectivity index is 0.672. The minimum atomic E-state index is 0.852. The van der Waals surface area contributed by atoms with Crippen LogP contribution >= 0.6 is 0 Å². The molecule has 16 rings (SSSR count). The molecule has 0 saturated carbocycles. The first-order valence-corrected chi connectivity index (χ1v) is 28.7. The van der Waals surface area contributed by atoms with E-state index in [2.05, 4.69) is 300 Å². The average Bonchev–Trinajstić information content (AvgIpc) is 2.14. The predicted octanol–water partition coefficient (Wildman–Crippen LogP) is 21.2. The Morgan fingerprint density at radius 1 is 0.179 bits per heavy atom. The van der Waals surface area contributed by atoms with Gasteiger partial charge in [-0.3, -0.25) is 0 Å². The maximum absolute atomic E-state index is 5.28. The van der Waals surface area contributed by atoms with Gasteiger partial charge in [-0.05, 0) is 152 Å². The lowest BCUT2D eigenvalue weighted by Crippen LogP contribution is -1.96. The number of fused-ring (bicyclic) bond motifs is 7. The largest absolute Gasteiger partial charge is 0.309 e. The molecule has 0 amide bonds. The zero-order valence-electron chi connectivity index (χ0n) is 45.8. The van der Waals surface area contributed by atoms with E-state index in [4.69, 9.17) is 9.97 Å². The quantitative estimate of drug-likeness (QED) is 0.137. The predicted molar refractivity (Wildman–Crippen MR) is 352 cm³/mol. The molecule has 3 heterocycles. The molecular formula is C80H52N4. The van der Waals surface area contributed by atoms with Gasteiger partial charge in [0.05, 0.1) is 44.5 Å². The third kappa shape index (κ3) is 8.64. The fourth-order valence-electron chi connectivity index (χ4n) is 12.5. The fraction of sp³-hybridized carbons (Fsp3) is 0. The lowest BCUT2D eigenvalue weighted by atomic mass is 9.98. The summed E-state index contributed by atoms with van der Waals surface area (Å²) in [7, 11) is 0. The number of benzene rings is 13. The molecule has 0 N–H and O–H groups in total. The second kappa shape index (κ2) is 20.4. The molecule has 392 valence electrons. The van der Waals surface area contributed by atoms with Gasteiger partial charge in [-0.2, -0.15) is 0 Å². The van der Waals surface area contributed by atoms with E-state index < -0.39 is 0 Å². The second-order valence-corrected chi connectivity index (χ2v) is 21.7. The molecule has 0 fully saturated rings. The molecule has 0 saturated heterocycles. The number of para-hydroxylation sites is 4. The minimum absolute atomic E-state index is 0.852. The van der Waals surface area contributed by atoms with Gasteiger partial charge in [0.15, 0.2) is 0 Å². The summed E-state index contributed by atoms with van der Waals surface area (Å²) in [4.78, 5) is 10.6. The van der Waals surface area contributed by atoms with Gasteiger partial charge in [0.25, 0.3) is 0 Å². The Hall–Kier alpha value is -11.2. The molecule has 0 aliphatic rings. The number of aromatic nitrogens is 4. The van der Waals surface area contributed by atoms with Crippen molar-refractivity contribution in [3.63, 3.8) is 0 Å². The Morgan fingerprint density at radius 2 is 0.452 bits per heavy atom. The van der Waals surface area contributed by atoms with Crippen molar-refractivity contribution in [2.75, 3.05) is 0 Å². The summed E-state index contributed by atoms with van der Waals surface area (Å²) in [5, 5.41) is 4.94. The molecule has 84 heavy (non-hydrogen) atoms. The molecule has 13 aromatic carbocycles. The van der Waals surface area contributed by atoms with E-state index >= 15 is 0 Å². The summed E-state index contributed by atoms with van der Waals surface area (Å²) >= 11 is 0. The van der Waals surface area contributed by atoms with Crippen LogP contribution in [0, 0.1) is 0 Å². The highest BCUT2D eigenvalue weighted by molar-refractivity contribution is 6.12. The van der Waals surface area contributed by atoms with Crippen LogP contribution in [-0.2, 0) is 0 Å². The summed E-state index contributed by atoms with van der Waals surface area (Å²) < 4.78 is 4.78. The zero-order chi connectivity index (χ0) is 55.5. The molecule has 3 aromatic heterocycles. The summed E-state index contributed by atoms with van der Waals surface area (Å²) in [5.74, 6) is 0. The van der Waals surface area contributed by atoms with Crippen molar-refractivity contribution in [3.05, 3.63) is 315 Å². The molecule has 0 aliphatic carbocycles. The van der Waals surface area contributed by atoms with Crippen LogP contribution in [-0.4, -0.2) is 19.1 Å². The van der Waals surface area contributed by atoms with Crippen molar-refractivity contribution >= 4 is 54.6 Å². The van der Waals surface area contributed by atoms with Crippen molar-refractivity contribution < 1.29 is 0 Å². The monoisotopic (exact) mass is 1070 g/mol. The maximum atomic E-state index is 5.28. The number of rotatable bonds is 10. The van der Waals surface area contributed by atoms with E-state index in [0.717, 1.165) is 67.2 Å². The van der Waals surface area contributed by atoms with Gasteiger partial charge in [0.1, 0.15) is 0 Å². The average molecular weight is 1070 g/mol. The smallest absolute Gasteiger partial charge is 0.0973 e. The minimum Gasteiger partial charge on any atom is -0.309 e. The second-order valence-electron chi connectivity index (χ2n) is 21.7. The molecule has 4 heteroatoms. The molecule has 0 unspecified atom stereocenters. The number of nitrogens with zero attached hydrogens (tertiary/aromatic N) is 4. The summed E-state index contributed by atoms with van der Waals surface area (Å²) in [6, 6.07) is 114. The van der Waals surface area contributed by atoms with Crippen LogP contribution in [0.1, 0.15) is 0 Å². The van der Waals surface area contributed by atoms with Gasteiger partial charge in [-0.25, -0.2) is 9.97 Å². The topological polar surface area (TPSA) is 35.6 Å². The van der Waals surface area contributed by atoms with E-state index in [1.165, 1.54) is 88.1 Å². The molecule has 0 spiro atoms. The summed E-state index contributed by atoms with van der Waals surface area (Å²) in [5.41, 5.74) is 26.7. The van der Waals surface area contributed by atoms with Crippen LogP contribution in [0.5, 0.6) is 0 Å². The van der Waals surface area contributed by atoms with Crippen LogP contribution in [0.3, 0.4) is 0 Å². The lowest BCUT2D eigenvalue weighted by Gasteiger charge is -2.13. The van der Waals surface area contributed by atoms with Gasteiger partial charge in [-0.15, -0.1) is 0 Å².